The summed E-state index contributed by atoms with van der Waals surface area (Å²) in [5.41, 5.74) is 2.42. The van der Waals surface area contributed by atoms with Gasteiger partial charge in [-0.25, -0.2) is 0 Å². The first kappa shape index (κ1) is 35.6. The SMILES string of the molecule is Cc1cc(OCCC(=O)NC(C)(C)C(=O)N2CCN(C)CC2)ccc1Cc1c(O[C@@H]2O[C@H](CO)[C@@H](O)[C@H](O)[C@H]2O)n[nH]c1C(C)C. The largest absolute Gasteiger partial charge is 0.493 e. The second kappa shape index (κ2) is 15.1. The van der Waals surface area contributed by atoms with E-state index in [2.05, 4.69) is 20.4 Å². The minimum atomic E-state index is -1.57. The number of rotatable bonds is 12. The Balaban J connectivity index is 1.35. The smallest absolute Gasteiger partial charge is 0.247 e. The van der Waals surface area contributed by atoms with Crippen molar-refractivity contribution in [3.05, 3.63) is 40.6 Å². The molecule has 46 heavy (non-hydrogen) atoms. The zero-order valence-corrected chi connectivity index (χ0v) is 27.5. The third-order valence-electron chi connectivity index (χ3n) is 8.57. The van der Waals surface area contributed by atoms with Gasteiger partial charge in [-0.3, -0.25) is 14.7 Å². The predicted octanol–water partition coefficient (Wildman–Crippen LogP) is 0.0487. The summed E-state index contributed by atoms with van der Waals surface area (Å²) >= 11 is 0. The monoisotopic (exact) mass is 647 g/mol. The summed E-state index contributed by atoms with van der Waals surface area (Å²) in [4.78, 5) is 29.6. The molecular weight excluding hydrogens is 598 g/mol. The fourth-order valence-corrected chi connectivity index (χ4v) is 5.66. The highest BCUT2D eigenvalue weighted by atomic mass is 16.7. The fraction of sp³-hybridized carbons (Fsp3) is 0.656. The van der Waals surface area contributed by atoms with Crippen molar-refractivity contribution in [2.45, 2.75) is 89.6 Å². The number of hydrogen-bond donors (Lipinski definition) is 6. The van der Waals surface area contributed by atoms with Gasteiger partial charge in [0.15, 0.2) is 0 Å². The third kappa shape index (κ3) is 8.35. The van der Waals surface area contributed by atoms with Crippen molar-refractivity contribution >= 4 is 11.8 Å². The van der Waals surface area contributed by atoms with Gasteiger partial charge in [-0.2, -0.15) is 0 Å². The van der Waals surface area contributed by atoms with Crippen LogP contribution in [0, 0.1) is 6.92 Å². The number of nitrogens with zero attached hydrogens (tertiary/aromatic N) is 3. The Morgan fingerprint density at radius 1 is 1.13 bits per heavy atom. The zero-order valence-electron chi connectivity index (χ0n) is 27.5. The van der Waals surface area contributed by atoms with E-state index < -0.39 is 42.9 Å². The molecule has 14 heteroatoms. The van der Waals surface area contributed by atoms with Gasteiger partial charge in [0.2, 0.25) is 24.0 Å². The lowest BCUT2D eigenvalue weighted by Crippen LogP contribution is -2.60. The fourth-order valence-electron chi connectivity index (χ4n) is 5.66. The normalized spacial score (nSPS) is 24.2. The van der Waals surface area contributed by atoms with Crippen molar-refractivity contribution in [3.63, 3.8) is 0 Å². The number of piperazine rings is 1. The summed E-state index contributed by atoms with van der Waals surface area (Å²) in [5.74, 6) is 0.462. The van der Waals surface area contributed by atoms with Crippen LogP contribution in [0.4, 0.5) is 0 Å². The zero-order chi connectivity index (χ0) is 33.8. The van der Waals surface area contributed by atoms with E-state index in [0.717, 1.165) is 35.5 Å². The molecule has 0 saturated carbocycles. The molecule has 1 aromatic heterocycles. The number of carbonyl (C=O) groups excluding carboxylic acids is 2. The first-order chi connectivity index (χ1) is 21.7. The molecule has 5 atom stereocenters. The van der Waals surface area contributed by atoms with Gasteiger partial charge in [0.05, 0.1) is 19.6 Å². The van der Waals surface area contributed by atoms with E-state index in [0.29, 0.717) is 25.3 Å². The van der Waals surface area contributed by atoms with Crippen LogP contribution in [0.3, 0.4) is 0 Å². The van der Waals surface area contributed by atoms with E-state index in [9.17, 15) is 30.0 Å². The first-order valence-electron chi connectivity index (χ1n) is 15.8. The second-order valence-electron chi connectivity index (χ2n) is 13.0. The Morgan fingerprint density at radius 3 is 2.46 bits per heavy atom. The Hall–Kier alpha value is -3.27. The van der Waals surface area contributed by atoms with Gasteiger partial charge in [-0.1, -0.05) is 19.9 Å². The van der Waals surface area contributed by atoms with E-state index in [4.69, 9.17) is 14.2 Å². The molecule has 2 aliphatic heterocycles. The van der Waals surface area contributed by atoms with Gasteiger partial charge in [0, 0.05) is 43.9 Å². The van der Waals surface area contributed by atoms with Gasteiger partial charge >= 0.3 is 0 Å². The van der Waals surface area contributed by atoms with E-state index >= 15 is 0 Å². The number of aliphatic hydroxyl groups is 4. The maximum absolute atomic E-state index is 13.0. The van der Waals surface area contributed by atoms with Gasteiger partial charge < -0.3 is 49.8 Å². The molecule has 0 radical (unpaired) electrons. The van der Waals surface area contributed by atoms with Crippen LogP contribution >= 0.6 is 0 Å². The summed E-state index contributed by atoms with van der Waals surface area (Å²) in [6, 6.07) is 5.60. The number of aliphatic hydroxyl groups excluding tert-OH is 4. The van der Waals surface area contributed by atoms with E-state index in [1.165, 1.54) is 0 Å². The number of aromatic amines is 1. The summed E-state index contributed by atoms with van der Waals surface area (Å²) < 4.78 is 17.3. The van der Waals surface area contributed by atoms with E-state index in [1.807, 2.05) is 46.0 Å². The average Bonchev–Trinajstić information content (AvgIpc) is 3.40. The predicted molar refractivity (Wildman–Crippen MR) is 167 cm³/mol. The lowest BCUT2D eigenvalue weighted by atomic mass is 9.96. The highest BCUT2D eigenvalue weighted by Gasteiger charge is 2.45. The molecule has 4 rings (SSSR count). The standard InChI is InChI=1S/C32H49N5O9/c1-18(2)25-22(29(35-34-25)46-30-28(42)27(41)26(40)23(17-38)45-30)16-20-7-8-21(15-19(20)3)44-14-9-24(39)33-32(4,5)31(43)37-12-10-36(6)11-13-37/h7-8,15,18,23,26-28,30,38,40-42H,9-14,16-17H2,1-6H3,(H,33,39)(H,34,35)/t23-,26-,27+,28-,30+/m1/s1. The minimum Gasteiger partial charge on any atom is -0.493 e. The van der Waals surface area contributed by atoms with Crippen LogP contribution in [-0.2, 0) is 20.7 Å². The quantitative estimate of drug-likeness (QED) is 0.183. The molecule has 2 aromatic rings. The van der Waals surface area contributed by atoms with Crippen molar-refractivity contribution in [2.24, 2.45) is 0 Å². The molecule has 1 aromatic carbocycles. The number of hydrogen-bond acceptors (Lipinski definition) is 11. The summed E-state index contributed by atoms with van der Waals surface area (Å²) in [6.07, 6.45) is -6.58. The average molecular weight is 648 g/mol. The highest BCUT2D eigenvalue weighted by Crippen LogP contribution is 2.32. The Morgan fingerprint density at radius 2 is 1.83 bits per heavy atom. The van der Waals surface area contributed by atoms with Crippen LogP contribution in [0.5, 0.6) is 11.6 Å². The van der Waals surface area contributed by atoms with Crippen LogP contribution in [0.15, 0.2) is 18.2 Å². The minimum absolute atomic E-state index is 0.0607. The molecule has 0 spiro atoms. The van der Waals surface area contributed by atoms with Gasteiger partial charge in [-0.15, -0.1) is 5.10 Å². The van der Waals surface area contributed by atoms with E-state index in [-0.39, 0.29) is 36.6 Å². The Labute approximate surface area is 269 Å². The molecule has 2 fully saturated rings. The first-order valence-corrected chi connectivity index (χ1v) is 15.8. The maximum atomic E-state index is 13.0. The highest BCUT2D eigenvalue weighted by molar-refractivity contribution is 5.90. The number of H-pyrrole nitrogens is 1. The van der Waals surface area contributed by atoms with Crippen LogP contribution in [0.2, 0.25) is 0 Å². The summed E-state index contributed by atoms with van der Waals surface area (Å²) in [5, 5.41) is 50.4. The number of amides is 2. The third-order valence-corrected chi connectivity index (χ3v) is 8.57. The van der Waals surface area contributed by atoms with Gasteiger partial charge in [-0.05, 0) is 57.0 Å². The number of ether oxygens (including phenoxy) is 3. The van der Waals surface area contributed by atoms with Gasteiger partial charge in [0.1, 0.15) is 35.7 Å². The number of nitrogens with one attached hydrogen (secondary N) is 2. The molecule has 2 amide bonds. The molecule has 14 nitrogen and oxygen atoms in total. The molecule has 2 aliphatic rings. The molecule has 0 unspecified atom stereocenters. The number of aromatic nitrogens is 2. The van der Waals surface area contributed by atoms with Crippen molar-refractivity contribution in [2.75, 3.05) is 46.4 Å². The summed E-state index contributed by atoms with van der Waals surface area (Å²) in [6.45, 7) is 11.8. The lowest BCUT2D eigenvalue weighted by Gasteiger charge is -2.39. The van der Waals surface area contributed by atoms with Gasteiger partial charge in [0.25, 0.3) is 0 Å². The molecule has 0 bridgehead atoms. The van der Waals surface area contributed by atoms with Crippen LogP contribution in [0.25, 0.3) is 0 Å². The molecule has 6 N–H and O–H groups in total. The maximum Gasteiger partial charge on any atom is 0.247 e. The topological polar surface area (TPSA) is 190 Å². The van der Waals surface area contributed by atoms with Crippen molar-refractivity contribution in [3.8, 4) is 11.6 Å². The second-order valence-corrected chi connectivity index (χ2v) is 13.0. The van der Waals surface area contributed by atoms with Crippen LogP contribution in [0.1, 0.15) is 62.4 Å². The molecule has 0 aliphatic carbocycles. The van der Waals surface area contributed by atoms with Crippen molar-refractivity contribution < 1.29 is 44.2 Å². The Kier molecular flexibility index (Phi) is 11.7. The molecule has 256 valence electrons. The van der Waals surface area contributed by atoms with Crippen LogP contribution in [-0.4, -0.2) is 135 Å². The van der Waals surface area contributed by atoms with E-state index in [1.54, 1.807) is 18.7 Å². The summed E-state index contributed by atoms with van der Waals surface area (Å²) in [7, 11) is 2.02. The lowest BCUT2D eigenvalue weighted by molar-refractivity contribution is -0.278. The van der Waals surface area contributed by atoms with Crippen molar-refractivity contribution in [1.82, 2.24) is 25.3 Å². The van der Waals surface area contributed by atoms with Crippen LogP contribution < -0.4 is 14.8 Å². The molecule has 2 saturated heterocycles. The van der Waals surface area contributed by atoms with Crippen molar-refractivity contribution in [1.29, 1.82) is 0 Å². The number of benzene rings is 1. The number of likely N-dealkylation sites (N-methyl/N-ethyl adjacent to an activating group) is 1. The Bertz CT molecular complexity index is 1340. The number of carbonyl (C=O) groups is 2. The molecule has 3 heterocycles. The molecular formula is C32H49N5O9. The number of aryl methyl sites for hydroxylation is 1.